The van der Waals surface area contributed by atoms with Gasteiger partial charge in [0, 0.05) is 23.1 Å². The van der Waals surface area contributed by atoms with Gasteiger partial charge in [0.1, 0.15) is 0 Å². The van der Waals surface area contributed by atoms with Crippen LogP contribution in [0.5, 0.6) is 0 Å². The molecule has 1 aromatic heterocycles. The van der Waals surface area contributed by atoms with Gasteiger partial charge in [-0.3, -0.25) is 9.97 Å². The Hall–Kier alpha value is -2.14. The van der Waals surface area contributed by atoms with Gasteiger partial charge in [-0.05, 0) is 25.1 Å². The van der Waals surface area contributed by atoms with Crippen LogP contribution in [0.2, 0.25) is 5.02 Å². The van der Waals surface area contributed by atoms with E-state index in [4.69, 9.17) is 11.6 Å². The molecule has 1 heterocycles. The third kappa shape index (κ3) is 2.82. The summed E-state index contributed by atoms with van der Waals surface area (Å²) in [5.41, 5.74) is -0.454. The van der Waals surface area contributed by atoms with Crippen LogP contribution in [0, 0.1) is 0 Å². The van der Waals surface area contributed by atoms with Crippen LogP contribution < -0.4 is 5.32 Å². The summed E-state index contributed by atoms with van der Waals surface area (Å²) in [6, 6.07) is 6.85. The molecule has 0 bridgehead atoms. The molecule has 0 spiro atoms. The molecule has 98 valence electrons. The summed E-state index contributed by atoms with van der Waals surface area (Å²) in [4.78, 5) is 19.5. The molecule has 2 N–H and O–H groups in total. The minimum atomic E-state index is -1.38. The fourth-order valence-electron chi connectivity index (χ4n) is 1.64. The van der Waals surface area contributed by atoms with Crippen molar-refractivity contribution in [2.75, 3.05) is 5.32 Å². The largest absolute Gasteiger partial charge is 0.479 e. The van der Waals surface area contributed by atoms with E-state index in [1.807, 2.05) is 0 Å². The number of carboxylic acid groups (broad SMARTS) is 1. The zero-order valence-corrected chi connectivity index (χ0v) is 10.9. The second-order valence-electron chi connectivity index (χ2n) is 4.16. The number of aliphatic carboxylic acids is 1. The first-order valence-electron chi connectivity index (χ1n) is 5.56. The molecule has 0 aliphatic carbocycles. The second-order valence-corrected chi connectivity index (χ2v) is 4.59. The van der Waals surface area contributed by atoms with Gasteiger partial charge in [0.25, 0.3) is 0 Å². The van der Waals surface area contributed by atoms with E-state index < -0.39 is 11.5 Å². The monoisotopic (exact) mass is 277 g/mol. The molecule has 2 rings (SSSR count). The van der Waals surface area contributed by atoms with Gasteiger partial charge in [-0.15, -0.1) is 0 Å². The third-order valence-electron chi connectivity index (χ3n) is 2.72. The zero-order valence-electron chi connectivity index (χ0n) is 10.2. The molecule has 0 aliphatic heterocycles. The Kier molecular flexibility index (Phi) is 3.66. The number of benzene rings is 1. The van der Waals surface area contributed by atoms with Crippen molar-refractivity contribution < 1.29 is 9.90 Å². The molecule has 0 radical (unpaired) electrons. The molecule has 0 saturated carbocycles. The summed E-state index contributed by atoms with van der Waals surface area (Å²) in [6.07, 6.45) is 4.37. The van der Waals surface area contributed by atoms with Crippen LogP contribution in [-0.4, -0.2) is 21.0 Å². The van der Waals surface area contributed by atoms with Crippen molar-refractivity contribution in [3.63, 3.8) is 0 Å². The molecule has 2 aromatic rings. The number of halogens is 1. The van der Waals surface area contributed by atoms with E-state index in [9.17, 15) is 9.90 Å². The number of nitrogens with zero attached hydrogens (tertiary/aromatic N) is 2. The lowest BCUT2D eigenvalue weighted by molar-refractivity contribution is -0.142. The topological polar surface area (TPSA) is 75.1 Å². The van der Waals surface area contributed by atoms with Crippen LogP contribution in [0.25, 0.3) is 0 Å². The molecular formula is C13H12ClN3O2. The van der Waals surface area contributed by atoms with E-state index in [1.54, 1.807) is 24.3 Å². The molecule has 1 atom stereocenters. The maximum atomic E-state index is 11.5. The SMILES string of the molecule is CC(Nc1cccc(Cl)c1)(C(=O)O)c1cnccn1. The van der Waals surface area contributed by atoms with E-state index in [2.05, 4.69) is 15.3 Å². The average Bonchev–Trinajstić information content (AvgIpc) is 2.39. The van der Waals surface area contributed by atoms with Gasteiger partial charge in [-0.25, -0.2) is 4.79 Å². The number of nitrogens with one attached hydrogen (secondary N) is 1. The van der Waals surface area contributed by atoms with Crippen LogP contribution in [0.4, 0.5) is 5.69 Å². The number of aromatic nitrogens is 2. The molecule has 6 heteroatoms. The average molecular weight is 278 g/mol. The summed E-state index contributed by atoms with van der Waals surface area (Å²) in [5, 5.41) is 12.9. The Bertz CT molecular complexity index is 591. The predicted molar refractivity (Wildman–Crippen MR) is 72.1 cm³/mol. The number of hydrogen-bond acceptors (Lipinski definition) is 4. The Morgan fingerprint density at radius 2 is 2.21 bits per heavy atom. The molecule has 1 aromatic carbocycles. The molecule has 19 heavy (non-hydrogen) atoms. The van der Waals surface area contributed by atoms with Gasteiger partial charge in [0.05, 0.1) is 11.9 Å². The van der Waals surface area contributed by atoms with Crippen LogP contribution >= 0.6 is 11.6 Å². The van der Waals surface area contributed by atoms with E-state index in [0.29, 0.717) is 16.4 Å². The van der Waals surface area contributed by atoms with E-state index in [-0.39, 0.29) is 0 Å². The summed E-state index contributed by atoms with van der Waals surface area (Å²) >= 11 is 5.88. The maximum Gasteiger partial charge on any atom is 0.335 e. The summed E-state index contributed by atoms with van der Waals surface area (Å²) in [6.45, 7) is 1.53. The third-order valence-corrected chi connectivity index (χ3v) is 2.96. The Labute approximate surface area is 115 Å². The summed E-state index contributed by atoms with van der Waals surface area (Å²) in [5.74, 6) is -1.05. The van der Waals surface area contributed by atoms with Gasteiger partial charge in [-0.2, -0.15) is 0 Å². The first kappa shape index (κ1) is 13.3. The number of anilines is 1. The highest BCUT2D eigenvalue weighted by atomic mass is 35.5. The van der Waals surface area contributed by atoms with Crippen molar-refractivity contribution in [2.45, 2.75) is 12.5 Å². The van der Waals surface area contributed by atoms with Crippen molar-refractivity contribution in [3.8, 4) is 0 Å². The predicted octanol–water partition coefficient (Wildman–Crippen LogP) is 2.54. The number of rotatable bonds is 4. The molecule has 0 fully saturated rings. The minimum absolute atomic E-state index is 0.322. The smallest absolute Gasteiger partial charge is 0.335 e. The zero-order chi connectivity index (χ0) is 13.9. The van der Waals surface area contributed by atoms with E-state index >= 15 is 0 Å². The number of carboxylic acids is 1. The van der Waals surface area contributed by atoms with E-state index in [1.165, 1.54) is 25.5 Å². The van der Waals surface area contributed by atoms with Crippen LogP contribution in [-0.2, 0) is 10.3 Å². The Morgan fingerprint density at radius 3 is 2.79 bits per heavy atom. The summed E-state index contributed by atoms with van der Waals surface area (Å²) in [7, 11) is 0. The van der Waals surface area contributed by atoms with Gasteiger partial charge in [0.2, 0.25) is 0 Å². The van der Waals surface area contributed by atoms with E-state index in [0.717, 1.165) is 0 Å². The van der Waals surface area contributed by atoms with Crippen LogP contribution in [0.3, 0.4) is 0 Å². The first-order chi connectivity index (χ1) is 9.02. The quantitative estimate of drug-likeness (QED) is 0.898. The van der Waals surface area contributed by atoms with Crippen molar-refractivity contribution in [1.82, 2.24) is 9.97 Å². The normalized spacial score (nSPS) is 13.6. The highest BCUT2D eigenvalue weighted by Crippen LogP contribution is 2.26. The molecule has 5 nitrogen and oxygen atoms in total. The lowest BCUT2D eigenvalue weighted by Gasteiger charge is -2.26. The number of carbonyl (C=O) groups is 1. The van der Waals surface area contributed by atoms with Crippen molar-refractivity contribution >= 4 is 23.3 Å². The minimum Gasteiger partial charge on any atom is -0.479 e. The Balaban J connectivity index is 2.39. The fraction of sp³-hybridized carbons (Fsp3) is 0.154. The fourth-order valence-corrected chi connectivity index (χ4v) is 1.83. The second kappa shape index (κ2) is 5.24. The molecule has 0 amide bonds. The standard InChI is InChI=1S/C13H12ClN3O2/c1-13(12(18)19,11-8-15-5-6-16-11)17-10-4-2-3-9(14)7-10/h2-8,17H,1H3,(H,18,19). The lowest BCUT2D eigenvalue weighted by atomic mass is 9.98. The highest BCUT2D eigenvalue weighted by Gasteiger charge is 2.37. The van der Waals surface area contributed by atoms with Crippen LogP contribution in [0.15, 0.2) is 42.9 Å². The van der Waals surface area contributed by atoms with Gasteiger partial charge >= 0.3 is 5.97 Å². The maximum absolute atomic E-state index is 11.5. The molecular weight excluding hydrogens is 266 g/mol. The van der Waals surface area contributed by atoms with Gasteiger partial charge in [0.15, 0.2) is 5.54 Å². The first-order valence-corrected chi connectivity index (χ1v) is 5.94. The summed E-state index contributed by atoms with van der Waals surface area (Å²) < 4.78 is 0. The van der Waals surface area contributed by atoms with Crippen molar-refractivity contribution in [3.05, 3.63) is 53.6 Å². The molecule has 0 saturated heterocycles. The number of hydrogen-bond donors (Lipinski definition) is 2. The molecule has 1 unspecified atom stereocenters. The highest BCUT2D eigenvalue weighted by molar-refractivity contribution is 6.30. The van der Waals surface area contributed by atoms with Gasteiger partial charge in [-0.1, -0.05) is 17.7 Å². The van der Waals surface area contributed by atoms with Gasteiger partial charge < -0.3 is 10.4 Å². The van der Waals surface area contributed by atoms with Crippen molar-refractivity contribution in [1.29, 1.82) is 0 Å². The lowest BCUT2D eigenvalue weighted by Crippen LogP contribution is -2.41. The molecule has 0 aliphatic rings. The van der Waals surface area contributed by atoms with Crippen molar-refractivity contribution in [2.24, 2.45) is 0 Å². The van der Waals surface area contributed by atoms with Crippen LogP contribution in [0.1, 0.15) is 12.6 Å². The Morgan fingerprint density at radius 1 is 1.42 bits per heavy atom.